The lowest BCUT2D eigenvalue weighted by atomic mass is 9.96. The van der Waals surface area contributed by atoms with Crippen molar-refractivity contribution in [2.45, 2.75) is 70.2 Å². The van der Waals surface area contributed by atoms with Gasteiger partial charge in [0.2, 0.25) is 0 Å². The van der Waals surface area contributed by atoms with Crippen LogP contribution in [-0.4, -0.2) is 41.8 Å². The lowest BCUT2D eigenvalue weighted by Gasteiger charge is -2.41. The second-order valence-electron chi connectivity index (χ2n) is 5.98. The van der Waals surface area contributed by atoms with Crippen molar-refractivity contribution in [3.63, 3.8) is 0 Å². The maximum Gasteiger partial charge on any atom is 0.0752 e. The van der Waals surface area contributed by atoms with Crippen LogP contribution in [-0.2, 0) is 4.74 Å². The normalized spacial score (nSPS) is 35.6. The molecular weight excluding hydrogens is 200 g/mol. The van der Waals surface area contributed by atoms with E-state index in [1.54, 1.807) is 0 Å². The highest BCUT2D eigenvalue weighted by Crippen LogP contribution is 2.36. The van der Waals surface area contributed by atoms with Gasteiger partial charge in [-0.05, 0) is 46.5 Å². The van der Waals surface area contributed by atoms with E-state index in [-0.39, 0.29) is 5.60 Å². The Hall–Kier alpha value is -0.120. The third-order valence-electron chi connectivity index (χ3n) is 4.02. The number of hydrogen-bond donors (Lipinski definition) is 1. The molecule has 0 aromatic heterocycles. The number of fused-ring (bicyclic) bond motifs is 2. The molecule has 2 fully saturated rings. The molecule has 94 valence electrons. The van der Waals surface area contributed by atoms with Gasteiger partial charge in [0.15, 0.2) is 0 Å². The molecule has 2 heterocycles. The summed E-state index contributed by atoms with van der Waals surface area (Å²) >= 11 is 0. The van der Waals surface area contributed by atoms with Gasteiger partial charge in [0.05, 0.1) is 5.60 Å². The fourth-order valence-electron chi connectivity index (χ4n) is 3.45. The zero-order chi connectivity index (χ0) is 11.8. The first-order chi connectivity index (χ1) is 7.52. The minimum Gasteiger partial charge on any atom is -0.375 e. The Bertz CT molecular complexity index is 228. The van der Waals surface area contributed by atoms with E-state index in [1.807, 2.05) is 0 Å². The summed E-state index contributed by atoms with van der Waals surface area (Å²) in [4.78, 5) is 2.65. The van der Waals surface area contributed by atoms with Crippen LogP contribution in [0.4, 0.5) is 0 Å². The summed E-state index contributed by atoms with van der Waals surface area (Å²) in [6.45, 7) is 8.33. The highest BCUT2D eigenvalue weighted by Gasteiger charge is 2.41. The van der Waals surface area contributed by atoms with Crippen molar-refractivity contribution >= 4 is 0 Å². The highest BCUT2D eigenvalue weighted by molar-refractivity contribution is 4.98. The van der Waals surface area contributed by atoms with Crippen molar-refractivity contribution in [2.24, 2.45) is 5.73 Å². The van der Waals surface area contributed by atoms with Crippen LogP contribution in [0.5, 0.6) is 0 Å². The van der Waals surface area contributed by atoms with Gasteiger partial charge in [-0.1, -0.05) is 0 Å². The number of ether oxygens (including phenoxy) is 1. The summed E-state index contributed by atoms with van der Waals surface area (Å²) in [5, 5.41) is 0. The summed E-state index contributed by atoms with van der Waals surface area (Å²) in [5.41, 5.74) is 6.07. The number of hydrogen-bond acceptors (Lipinski definition) is 3. The molecule has 2 aliphatic heterocycles. The molecule has 0 saturated carbocycles. The van der Waals surface area contributed by atoms with Crippen molar-refractivity contribution in [2.75, 3.05) is 13.2 Å². The lowest BCUT2D eigenvalue weighted by Crippen LogP contribution is -2.52. The molecule has 0 aromatic carbocycles. The molecule has 0 aromatic rings. The Morgan fingerprint density at radius 1 is 1.25 bits per heavy atom. The molecule has 0 aliphatic carbocycles. The SMILES string of the molecule is CCOC(C)(C)CN1C2CCC1CC(N)C2. The van der Waals surface area contributed by atoms with Gasteiger partial charge in [0.25, 0.3) is 0 Å². The zero-order valence-electron chi connectivity index (χ0n) is 10.9. The molecule has 2 bridgehead atoms. The van der Waals surface area contributed by atoms with Crippen LogP contribution >= 0.6 is 0 Å². The maximum absolute atomic E-state index is 6.08. The molecule has 2 unspecified atom stereocenters. The second-order valence-corrected chi connectivity index (χ2v) is 5.98. The van der Waals surface area contributed by atoms with E-state index < -0.39 is 0 Å². The average Bonchev–Trinajstić information content (AvgIpc) is 2.44. The predicted octanol–water partition coefficient (Wildman–Crippen LogP) is 1.76. The van der Waals surface area contributed by atoms with E-state index in [1.165, 1.54) is 25.7 Å². The van der Waals surface area contributed by atoms with Crippen LogP contribution in [0.1, 0.15) is 46.5 Å². The minimum absolute atomic E-state index is 0.0168. The van der Waals surface area contributed by atoms with Crippen molar-refractivity contribution in [1.82, 2.24) is 4.90 Å². The van der Waals surface area contributed by atoms with Crippen molar-refractivity contribution < 1.29 is 4.74 Å². The fourth-order valence-corrected chi connectivity index (χ4v) is 3.45. The standard InChI is InChI=1S/C13H26N2O/c1-4-16-13(2,3)9-15-11-5-6-12(15)8-10(14)7-11/h10-12H,4-9,14H2,1-3H3. The molecular formula is C13H26N2O. The summed E-state index contributed by atoms with van der Waals surface area (Å²) < 4.78 is 5.81. The van der Waals surface area contributed by atoms with Gasteiger partial charge >= 0.3 is 0 Å². The van der Waals surface area contributed by atoms with Crippen LogP contribution in [0.25, 0.3) is 0 Å². The maximum atomic E-state index is 6.08. The minimum atomic E-state index is -0.0168. The summed E-state index contributed by atoms with van der Waals surface area (Å²) in [5.74, 6) is 0. The van der Waals surface area contributed by atoms with Crippen molar-refractivity contribution in [3.05, 3.63) is 0 Å². The first-order valence-corrected chi connectivity index (χ1v) is 6.67. The molecule has 2 aliphatic rings. The Kier molecular flexibility index (Phi) is 3.57. The second kappa shape index (κ2) is 4.63. The van der Waals surface area contributed by atoms with Crippen molar-refractivity contribution in [3.8, 4) is 0 Å². The van der Waals surface area contributed by atoms with Gasteiger partial charge in [0.1, 0.15) is 0 Å². The van der Waals surface area contributed by atoms with E-state index in [0.29, 0.717) is 18.1 Å². The monoisotopic (exact) mass is 226 g/mol. The smallest absolute Gasteiger partial charge is 0.0752 e. The van der Waals surface area contributed by atoms with E-state index in [0.717, 1.165) is 13.2 Å². The van der Waals surface area contributed by atoms with Gasteiger partial charge in [-0.2, -0.15) is 0 Å². The quantitative estimate of drug-likeness (QED) is 0.794. The first kappa shape index (κ1) is 12.3. The molecule has 2 saturated heterocycles. The fraction of sp³-hybridized carbons (Fsp3) is 1.00. The summed E-state index contributed by atoms with van der Waals surface area (Å²) in [6.07, 6.45) is 5.03. The Morgan fingerprint density at radius 3 is 2.31 bits per heavy atom. The topological polar surface area (TPSA) is 38.5 Å². The van der Waals surface area contributed by atoms with E-state index in [2.05, 4.69) is 25.7 Å². The van der Waals surface area contributed by atoms with Crippen LogP contribution in [0.15, 0.2) is 0 Å². The van der Waals surface area contributed by atoms with Crippen LogP contribution < -0.4 is 5.73 Å². The molecule has 0 radical (unpaired) electrons. The number of piperidine rings is 1. The van der Waals surface area contributed by atoms with Gasteiger partial charge in [0, 0.05) is 31.3 Å². The Balaban J connectivity index is 1.96. The van der Waals surface area contributed by atoms with E-state index in [4.69, 9.17) is 10.5 Å². The number of nitrogens with zero attached hydrogens (tertiary/aromatic N) is 1. The lowest BCUT2D eigenvalue weighted by molar-refractivity contribution is -0.0507. The third kappa shape index (κ3) is 2.58. The van der Waals surface area contributed by atoms with Crippen LogP contribution in [0.2, 0.25) is 0 Å². The van der Waals surface area contributed by atoms with Gasteiger partial charge in [-0.25, -0.2) is 0 Å². The van der Waals surface area contributed by atoms with Gasteiger partial charge in [-0.3, -0.25) is 4.90 Å². The largest absolute Gasteiger partial charge is 0.375 e. The molecule has 3 nitrogen and oxygen atoms in total. The van der Waals surface area contributed by atoms with E-state index in [9.17, 15) is 0 Å². The van der Waals surface area contributed by atoms with Crippen LogP contribution in [0.3, 0.4) is 0 Å². The third-order valence-corrected chi connectivity index (χ3v) is 4.02. The van der Waals surface area contributed by atoms with Crippen molar-refractivity contribution in [1.29, 1.82) is 0 Å². The van der Waals surface area contributed by atoms with E-state index >= 15 is 0 Å². The summed E-state index contributed by atoms with van der Waals surface area (Å²) in [7, 11) is 0. The molecule has 0 amide bonds. The highest BCUT2D eigenvalue weighted by atomic mass is 16.5. The summed E-state index contributed by atoms with van der Waals surface area (Å²) in [6, 6.07) is 1.87. The average molecular weight is 226 g/mol. The molecule has 2 rings (SSSR count). The molecule has 16 heavy (non-hydrogen) atoms. The Labute approximate surface area is 99.3 Å². The zero-order valence-corrected chi connectivity index (χ0v) is 10.9. The van der Waals surface area contributed by atoms with Crippen LogP contribution in [0, 0.1) is 0 Å². The molecule has 3 heteroatoms. The predicted molar refractivity (Wildman–Crippen MR) is 66.4 cm³/mol. The van der Waals surface area contributed by atoms with Gasteiger partial charge < -0.3 is 10.5 Å². The molecule has 2 atom stereocenters. The number of rotatable bonds is 4. The number of nitrogens with two attached hydrogens (primary N) is 1. The molecule has 0 spiro atoms. The Morgan fingerprint density at radius 2 is 1.81 bits per heavy atom. The van der Waals surface area contributed by atoms with Gasteiger partial charge in [-0.15, -0.1) is 0 Å². The molecule has 2 N–H and O–H groups in total. The first-order valence-electron chi connectivity index (χ1n) is 6.67.